The molecule has 2 unspecified atom stereocenters. The first-order valence-electron chi connectivity index (χ1n) is 7.40. The summed E-state index contributed by atoms with van der Waals surface area (Å²) in [6, 6.07) is 0.221. The normalized spacial score (nSPS) is 15.7. The molecule has 0 saturated carbocycles. The zero-order valence-electron chi connectivity index (χ0n) is 13.2. The number of likely N-dealkylation sites (N-methyl/N-ethyl adjacent to an activating group) is 2. The van der Waals surface area contributed by atoms with Crippen molar-refractivity contribution in [2.75, 3.05) is 27.2 Å². The lowest BCUT2D eigenvalue weighted by atomic mass is 9.99. The van der Waals surface area contributed by atoms with Crippen molar-refractivity contribution >= 4 is 0 Å². The number of aliphatic hydroxyl groups excluding tert-OH is 1. The molecule has 0 amide bonds. The van der Waals surface area contributed by atoms with Gasteiger partial charge in [0.2, 0.25) is 0 Å². The van der Waals surface area contributed by atoms with Crippen LogP contribution in [0.25, 0.3) is 0 Å². The topological polar surface area (TPSA) is 35.5 Å². The minimum atomic E-state index is -0.272. The Hall–Kier alpha value is -0.120. The number of rotatable bonds is 10. The van der Waals surface area contributed by atoms with Gasteiger partial charge in [-0.2, -0.15) is 0 Å². The molecular formula is C15H34N2O. The minimum absolute atomic E-state index is 0.221. The van der Waals surface area contributed by atoms with Gasteiger partial charge in [-0.05, 0) is 32.4 Å². The summed E-state index contributed by atoms with van der Waals surface area (Å²) in [6.45, 7) is 10.7. The van der Waals surface area contributed by atoms with E-state index in [1.165, 1.54) is 12.8 Å². The second-order valence-electron chi connectivity index (χ2n) is 6.40. The second kappa shape index (κ2) is 9.76. The Labute approximate surface area is 114 Å². The van der Waals surface area contributed by atoms with Crippen molar-refractivity contribution in [3.05, 3.63) is 0 Å². The molecule has 0 aliphatic rings. The molecule has 0 spiro atoms. The highest BCUT2D eigenvalue weighted by Crippen LogP contribution is 2.11. The largest absolute Gasteiger partial charge is 0.390 e. The maximum absolute atomic E-state index is 10.3. The molecule has 0 fully saturated rings. The predicted molar refractivity (Wildman–Crippen MR) is 79.9 cm³/mol. The molecule has 0 saturated heterocycles. The fourth-order valence-electron chi connectivity index (χ4n) is 2.42. The fraction of sp³-hybridized carbons (Fsp3) is 1.00. The Morgan fingerprint density at radius 3 is 2.06 bits per heavy atom. The summed E-state index contributed by atoms with van der Waals surface area (Å²) in [4.78, 5) is 2.22. The first-order chi connectivity index (χ1) is 8.36. The molecule has 2 N–H and O–H groups in total. The smallest absolute Gasteiger partial charge is 0.0819 e. The van der Waals surface area contributed by atoms with Gasteiger partial charge in [-0.3, -0.25) is 0 Å². The van der Waals surface area contributed by atoms with Crippen LogP contribution in [0.2, 0.25) is 0 Å². The molecule has 0 radical (unpaired) electrons. The molecule has 18 heavy (non-hydrogen) atoms. The van der Waals surface area contributed by atoms with Crippen LogP contribution in [0, 0.1) is 11.8 Å². The predicted octanol–water partition coefficient (Wildman–Crippen LogP) is 2.35. The Balaban J connectivity index is 3.97. The average molecular weight is 258 g/mol. The van der Waals surface area contributed by atoms with Gasteiger partial charge in [0.05, 0.1) is 6.10 Å². The average Bonchev–Trinajstić information content (AvgIpc) is 2.22. The Kier molecular flexibility index (Phi) is 9.70. The van der Waals surface area contributed by atoms with Gasteiger partial charge in [0.1, 0.15) is 0 Å². The lowest BCUT2D eigenvalue weighted by Gasteiger charge is -2.28. The van der Waals surface area contributed by atoms with E-state index in [0.29, 0.717) is 5.92 Å². The van der Waals surface area contributed by atoms with Crippen LogP contribution in [-0.2, 0) is 0 Å². The second-order valence-corrected chi connectivity index (χ2v) is 6.40. The molecule has 0 rings (SSSR count). The zero-order valence-corrected chi connectivity index (χ0v) is 13.2. The van der Waals surface area contributed by atoms with Crippen LogP contribution >= 0.6 is 0 Å². The summed E-state index contributed by atoms with van der Waals surface area (Å²) in [5.74, 6) is 1.40. The third kappa shape index (κ3) is 8.90. The first kappa shape index (κ1) is 17.9. The van der Waals surface area contributed by atoms with Gasteiger partial charge in [0.25, 0.3) is 0 Å². The van der Waals surface area contributed by atoms with Crippen LogP contribution in [0.4, 0.5) is 0 Å². The van der Waals surface area contributed by atoms with E-state index in [2.05, 4.69) is 45.0 Å². The molecule has 0 bridgehead atoms. The van der Waals surface area contributed by atoms with Crippen molar-refractivity contribution in [3.63, 3.8) is 0 Å². The quantitative estimate of drug-likeness (QED) is 0.631. The number of hydrogen-bond donors (Lipinski definition) is 2. The summed E-state index contributed by atoms with van der Waals surface area (Å²) in [6.07, 6.45) is 3.22. The fourth-order valence-corrected chi connectivity index (χ4v) is 2.42. The van der Waals surface area contributed by atoms with Gasteiger partial charge in [-0.1, -0.05) is 40.5 Å². The molecule has 2 atom stereocenters. The third-order valence-corrected chi connectivity index (χ3v) is 3.31. The van der Waals surface area contributed by atoms with Crippen molar-refractivity contribution in [1.29, 1.82) is 0 Å². The van der Waals surface area contributed by atoms with Gasteiger partial charge < -0.3 is 15.3 Å². The van der Waals surface area contributed by atoms with E-state index in [9.17, 15) is 5.11 Å². The van der Waals surface area contributed by atoms with Crippen LogP contribution in [-0.4, -0.2) is 49.3 Å². The number of hydrogen-bond acceptors (Lipinski definition) is 3. The molecule has 0 aromatic carbocycles. The lowest BCUT2D eigenvalue weighted by molar-refractivity contribution is 0.0833. The highest BCUT2D eigenvalue weighted by atomic mass is 16.3. The van der Waals surface area contributed by atoms with E-state index in [4.69, 9.17) is 0 Å². The molecule has 0 aromatic heterocycles. The standard InChI is InChI=1S/C15H34N2O/c1-12(2)8-7-9-14(16-5)15(18)11-17(6)10-13(3)4/h12-16,18H,7-11H2,1-6H3. The number of aliphatic hydroxyl groups is 1. The van der Waals surface area contributed by atoms with E-state index in [-0.39, 0.29) is 12.1 Å². The minimum Gasteiger partial charge on any atom is -0.390 e. The van der Waals surface area contributed by atoms with Crippen molar-refractivity contribution in [3.8, 4) is 0 Å². The zero-order chi connectivity index (χ0) is 14.1. The maximum atomic E-state index is 10.3. The Bertz CT molecular complexity index is 195. The highest BCUT2D eigenvalue weighted by molar-refractivity contribution is 4.77. The monoisotopic (exact) mass is 258 g/mol. The lowest BCUT2D eigenvalue weighted by Crippen LogP contribution is -2.44. The van der Waals surface area contributed by atoms with Gasteiger partial charge in [0, 0.05) is 19.1 Å². The SMILES string of the molecule is CNC(CCCC(C)C)C(O)CN(C)CC(C)C. The van der Waals surface area contributed by atoms with Crippen molar-refractivity contribution in [2.45, 2.75) is 59.1 Å². The van der Waals surface area contributed by atoms with Crippen LogP contribution in [0.5, 0.6) is 0 Å². The van der Waals surface area contributed by atoms with Gasteiger partial charge in [-0.25, -0.2) is 0 Å². The summed E-state index contributed by atoms with van der Waals surface area (Å²) in [7, 11) is 4.04. The van der Waals surface area contributed by atoms with Crippen molar-refractivity contribution in [2.24, 2.45) is 11.8 Å². The molecule has 0 aliphatic heterocycles. The summed E-state index contributed by atoms with van der Waals surface area (Å²) >= 11 is 0. The number of nitrogens with one attached hydrogen (secondary N) is 1. The highest BCUT2D eigenvalue weighted by Gasteiger charge is 2.19. The molecular weight excluding hydrogens is 224 g/mol. The maximum Gasteiger partial charge on any atom is 0.0819 e. The van der Waals surface area contributed by atoms with Gasteiger partial charge in [0.15, 0.2) is 0 Å². The third-order valence-electron chi connectivity index (χ3n) is 3.31. The molecule has 110 valence electrons. The van der Waals surface area contributed by atoms with E-state index in [0.717, 1.165) is 25.4 Å². The molecule has 0 aliphatic carbocycles. The van der Waals surface area contributed by atoms with Crippen LogP contribution in [0.3, 0.4) is 0 Å². The van der Waals surface area contributed by atoms with Crippen molar-refractivity contribution in [1.82, 2.24) is 10.2 Å². The van der Waals surface area contributed by atoms with E-state index < -0.39 is 0 Å². The van der Waals surface area contributed by atoms with Gasteiger partial charge in [-0.15, -0.1) is 0 Å². The molecule has 3 heteroatoms. The van der Waals surface area contributed by atoms with Crippen LogP contribution in [0.15, 0.2) is 0 Å². The summed E-state index contributed by atoms with van der Waals surface area (Å²) in [5.41, 5.74) is 0. The van der Waals surface area contributed by atoms with Crippen LogP contribution < -0.4 is 5.32 Å². The van der Waals surface area contributed by atoms with Crippen molar-refractivity contribution < 1.29 is 5.11 Å². The Morgan fingerprint density at radius 1 is 1.00 bits per heavy atom. The van der Waals surface area contributed by atoms with E-state index in [1.54, 1.807) is 0 Å². The van der Waals surface area contributed by atoms with E-state index in [1.807, 2.05) is 7.05 Å². The molecule has 0 aromatic rings. The first-order valence-corrected chi connectivity index (χ1v) is 7.40. The number of nitrogens with zero attached hydrogens (tertiary/aromatic N) is 1. The molecule has 3 nitrogen and oxygen atoms in total. The van der Waals surface area contributed by atoms with E-state index >= 15 is 0 Å². The Morgan fingerprint density at radius 2 is 1.61 bits per heavy atom. The van der Waals surface area contributed by atoms with Gasteiger partial charge >= 0.3 is 0 Å². The molecule has 0 heterocycles. The van der Waals surface area contributed by atoms with Crippen LogP contribution in [0.1, 0.15) is 47.0 Å². The summed E-state index contributed by atoms with van der Waals surface area (Å²) < 4.78 is 0. The summed E-state index contributed by atoms with van der Waals surface area (Å²) in [5, 5.41) is 13.5.